The van der Waals surface area contributed by atoms with E-state index >= 15 is 0 Å². The molecular weight excluding hydrogens is 344 g/mol. The van der Waals surface area contributed by atoms with E-state index in [1.54, 1.807) is 4.90 Å². The van der Waals surface area contributed by atoms with E-state index in [9.17, 15) is 15.0 Å². The first-order chi connectivity index (χ1) is 12.9. The lowest BCUT2D eigenvalue weighted by Crippen LogP contribution is -2.42. The van der Waals surface area contributed by atoms with Gasteiger partial charge in [0.15, 0.2) is 0 Å². The number of hydrogen-bond donors (Lipinski definition) is 3. The highest BCUT2D eigenvalue weighted by Crippen LogP contribution is 2.21. The van der Waals surface area contributed by atoms with Gasteiger partial charge in [0.05, 0.1) is 18.8 Å². The minimum atomic E-state index is -1.05. The first-order valence-electron chi connectivity index (χ1n) is 9.99. The van der Waals surface area contributed by atoms with Gasteiger partial charge in [0.1, 0.15) is 5.75 Å². The van der Waals surface area contributed by atoms with Crippen molar-refractivity contribution in [3.8, 4) is 5.75 Å². The van der Waals surface area contributed by atoms with Crippen LogP contribution in [0.2, 0.25) is 0 Å². The van der Waals surface area contributed by atoms with E-state index in [0.29, 0.717) is 51.4 Å². The zero-order valence-corrected chi connectivity index (χ0v) is 16.6. The van der Waals surface area contributed by atoms with Gasteiger partial charge in [-0.3, -0.25) is 0 Å². The highest BCUT2D eigenvalue weighted by Gasteiger charge is 2.30. The molecular formula is C21H34N2O4. The van der Waals surface area contributed by atoms with Gasteiger partial charge in [0.25, 0.3) is 0 Å². The maximum absolute atomic E-state index is 12.4. The Morgan fingerprint density at radius 2 is 2.15 bits per heavy atom. The summed E-state index contributed by atoms with van der Waals surface area (Å²) < 4.78 is 5.78. The Kier molecular flexibility index (Phi) is 8.38. The fourth-order valence-electron chi connectivity index (χ4n) is 3.17. The van der Waals surface area contributed by atoms with Crippen LogP contribution in [0, 0.1) is 5.92 Å². The van der Waals surface area contributed by atoms with Crippen LogP contribution < -0.4 is 10.1 Å². The normalized spacial score (nSPS) is 20.4. The van der Waals surface area contributed by atoms with E-state index in [4.69, 9.17) is 4.74 Å². The van der Waals surface area contributed by atoms with E-state index < -0.39 is 5.60 Å². The molecule has 6 nitrogen and oxygen atoms in total. The van der Waals surface area contributed by atoms with E-state index in [2.05, 4.69) is 19.2 Å². The average Bonchev–Trinajstić information content (AvgIpc) is 2.84. The number of nitrogens with one attached hydrogen (secondary N) is 1. The Morgan fingerprint density at radius 1 is 1.33 bits per heavy atom. The van der Waals surface area contributed by atoms with E-state index in [1.165, 1.54) is 0 Å². The van der Waals surface area contributed by atoms with Gasteiger partial charge in [0, 0.05) is 19.6 Å². The number of rotatable bonds is 8. The predicted octanol–water partition coefficient (Wildman–Crippen LogP) is 2.57. The molecule has 1 atom stereocenters. The summed E-state index contributed by atoms with van der Waals surface area (Å²) in [6, 6.07) is 7.89. The standard InChI is InChI=1S/C21H34N2O4/c1-17(2)8-14-27-19-6-3-5-18(15-19)7-11-22-20(25)23-12-4-9-21(26,16-24)10-13-23/h3,5-6,15,17,24,26H,4,7-14,16H2,1-2H3,(H,22,25)/t21-/m1/s1. The number of amides is 2. The molecule has 0 unspecified atom stereocenters. The Bertz CT molecular complexity index is 593. The molecule has 1 aromatic carbocycles. The summed E-state index contributed by atoms with van der Waals surface area (Å²) in [4.78, 5) is 14.1. The molecule has 152 valence electrons. The zero-order chi connectivity index (χ0) is 19.7. The van der Waals surface area contributed by atoms with Crippen LogP contribution in [0.25, 0.3) is 0 Å². The minimum Gasteiger partial charge on any atom is -0.494 e. The SMILES string of the molecule is CC(C)CCOc1cccc(CCNC(=O)N2CCC[C@](O)(CO)CC2)c1. The van der Waals surface area contributed by atoms with Crippen molar-refractivity contribution in [2.75, 3.05) is 32.8 Å². The van der Waals surface area contributed by atoms with Crippen LogP contribution >= 0.6 is 0 Å². The van der Waals surface area contributed by atoms with Gasteiger partial charge < -0.3 is 25.2 Å². The third-order valence-electron chi connectivity index (χ3n) is 5.05. The van der Waals surface area contributed by atoms with Crippen molar-refractivity contribution in [3.63, 3.8) is 0 Å². The molecule has 0 spiro atoms. The topological polar surface area (TPSA) is 82.0 Å². The van der Waals surface area contributed by atoms with Crippen LogP contribution in [0.4, 0.5) is 4.79 Å². The molecule has 27 heavy (non-hydrogen) atoms. The molecule has 1 saturated heterocycles. The number of carbonyl (C=O) groups is 1. The van der Waals surface area contributed by atoms with Gasteiger partial charge in [-0.1, -0.05) is 26.0 Å². The monoisotopic (exact) mass is 378 g/mol. The third kappa shape index (κ3) is 7.39. The van der Waals surface area contributed by atoms with E-state index in [0.717, 1.165) is 24.2 Å². The number of carbonyl (C=O) groups excluding carboxylic acids is 1. The minimum absolute atomic E-state index is 0.110. The Labute approximate surface area is 162 Å². The van der Waals surface area contributed by atoms with Crippen molar-refractivity contribution in [2.24, 2.45) is 5.92 Å². The summed E-state index contributed by atoms with van der Waals surface area (Å²) in [5, 5.41) is 22.4. The van der Waals surface area contributed by atoms with Crippen LogP contribution in [-0.4, -0.2) is 59.6 Å². The summed E-state index contributed by atoms with van der Waals surface area (Å²) in [6.45, 7) is 6.43. The van der Waals surface area contributed by atoms with Crippen LogP contribution in [0.15, 0.2) is 24.3 Å². The number of urea groups is 1. The molecule has 0 bridgehead atoms. The first-order valence-corrected chi connectivity index (χ1v) is 9.99. The summed E-state index contributed by atoms with van der Waals surface area (Å²) >= 11 is 0. The molecule has 3 N–H and O–H groups in total. The van der Waals surface area contributed by atoms with Crippen LogP contribution in [0.1, 0.15) is 45.1 Å². The zero-order valence-electron chi connectivity index (χ0n) is 16.6. The number of likely N-dealkylation sites (tertiary alicyclic amines) is 1. The third-order valence-corrected chi connectivity index (χ3v) is 5.05. The maximum atomic E-state index is 12.4. The fourth-order valence-corrected chi connectivity index (χ4v) is 3.17. The summed E-state index contributed by atoms with van der Waals surface area (Å²) in [6.07, 6.45) is 3.40. The molecule has 2 amide bonds. The number of aliphatic hydroxyl groups is 2. The molecule has 2 rings (SSSR count). The second-order valence-corrected chi connectivity index (χ2v) is 7.88. The van der Waals surface area contributed by atoms with Crippen molar-refractivity contribution >= 4 is 6.03 Å². The maximum Gasteiger partial charge on any atom is 0.317 e. The van der Waals surface area contributed by atoms with Gasteiger partial charge in [-0.25, -0.2) is 4.79 Å². The predicted molar refractivity (Wildman–Crippen MR) is 106 cm³/mol. The Morgan fingerprint density at radius 3 is 2.89 bits per heavy atom. The van der Waals surface area contributed by atoms with Crippen LogP contribution in [0.5, 0.6) is 5.75 Å². The second kappa shape index (κ2) is 10.5. The van der Waals surface area contributed by atoms with Gasteiger partial charge >= 0.3 is 6.03 Å². The lowest BCUT2D eigenvalue weighted by molar-refractivity contribution is -0.0248. The molecule has 0 saturated carbocycles. The van der Waals surface area contributed by atoms with Crippen LogP contribution in [-0.2, 0) is 6.42 Å². The van der Waals surface area contributed by atoms with Crippen molar-refractivity contribution in [3.05, 3.63) is 29.8 Å². The highest BCUT2D eigenvalue weighted by molar-refractivity contribution is 5.74. The summed E-state index contributed by atoms with van der Waals surface area (Å²) in [7, 11) is 0. The van der Waals surface area contributed by atoms with Crippen molar-refractivity contribution in [1.82, 2.24) is 10.2 Å². The number of nitrogens with zero attached hydrogens (tertiary/aromatic N) is 1. The largest absolute Gasteiger partial charge is 0.494 e. The number of benzene rings is 1. The Balaban J connectivity index is 1.74. The molecule has 1 heterocycles. The average molecular weight is 379 g/mol. The second-order valence-electron chi connectivity index (χ2n) is 7.88. The van der Waals surface area contributed by atoms with E-state index in [1.807, 2.05) is 24.3 Å². The summed E-state index contributed by atoms with van der Waals surface area (Å²) in [5.74, 6) is 1.49. The van der Waals surface area contributed by atoms with Gasteiger partial charge in [-0.15, -0.1) is 0 Å². The molecule has 6 heteroatoms. The quantitative estimate of drug-likeness (QED) is 0.649. The molecule has 0 aromatic heterocycles. The Hall–Kier alpha value is -1.79. The van der Waals surface area contributed by atoms with Gasteiger partial charge in [-0.05, 0) is 55.7 Å². The van der Waals surface area contributed by atoms with E-state index in [-0.39, 0.29) is 12.6 Å². The summed E-state index contributed by atoms with van der Waals surface area (Å²) in [5.41, 5.74) is 0.0771. The smallest absolute Gasteiger partial charge is 0.317 e. The molecule has 1 fully saturated rings. The van der Waals surface area contributed by atoms with Crippen molar-refractivity contribution in [1.29, 1.82) is 0 Å². The number of hydrogen-bond acceptors (Lipinski definition) is 4. The van der Waals surface area contributed by atoms with Gasteiger partial charge in [0.2, 0.25) is 0 Å². The van der Waals surface area contributed by atoms with Crippen molar-refractivity contribution in [2.45, 2.75) is 51.6 Å². The first kappa shape index (κ1) is 21.5. The highest BCUT2D eigenvalue weighted by atomic mass is 16.5. The lowest BCUT2D eigenvalue weighted by Gasteiger charge is -2.24. The molecule has 0 radical (unpaired) electrons. The van der Waals surface area contributed by atoms with Gasteiger partial charge in [-0.2, -0.15) is 0 Å². The number of aliphatic hydroxyl groups excluding tert-OH is 1. The molecule has 1 aliphatic rings. The molecule has 1 aromatic rings. The van der Waals surface area contributed by atoms with Crippen molar-refractivity contribution < 1.29 is 19.7 Å². The molecule has 1 aliphatic heterocycles. The molecule has 0 aliphatic carbocycles. The van der Waals surface area contributed by atoms with Crippen LogP contribution in [0.3, 0.4) is 0 Å². The fraction of sp³-hybridized carbons (Fsp3) is 0.667. The lowest BCUT2D eigenvalue weighted by atomic mass is 9.96. The number of ether oxygens (including phenoxy) is 1.